The first-order valence-electron chi connectivity index (χ1n) is 8.83. The fourth-order valence-electron chi connectivity index (χ4n) is 4.05. The van der Waals surface area contributed by atoms with Gasteiger partial charge in [0.05, 0.1) is 0 Å². The van der Waals surface area contributed by atoms with Crippen LogP contribution >= 0.6 is 0 Å². The Balaban J connectivity index is 1.87. The van der Waals surface area contributed by atoms with Gasteiger partial charge in [-0.1, -0.05) is 70.4 Å². The van der Waals surface area contributed by atoms with Crippen molar-refractivity contribution in [2.75, 3.05) is 0 Å². The van der Waals surface area contributed by atoms with Gasteiger partial charge in [-0.15, -0.1) is 0 Å². The average molecular weight is 287 g/mol. The molecule has 3 unspecified atom stereocenters. The Kier molecular flexibility index (Phi) is 5.87. The normalized spacial score (nSPS) is 24.8. The highest BCUT2D eigenvalue weighted by atomic mass is 14.9. The van der Waals surface area contributed by atoms with Gasteiger partial charge in [-0.25, -0.2) is 0 Å². The third kappa shape index (κ3) is 4.85. The average Bonchev–Trinajstić information content (AvgIpc) is 2.47. The monoisotopic (exact) mass is 287 g/mol. The topological polar surface area (TPSA) is 12.0 Å². The fraction of sp³-hybridized carbons (Fsp3) is 0.700. The summed E-state index contributed by atoms with van der Waals surface area (Å²) in [4.78, 5) is 0. The Morgan fingerprint density at radius 3 is 2.57 bits per heavy atom. The number of nitrogens with one attached hydrogen (secondary N) is 1. The molecule has 1 fully saturated rings. The van der Waals surface area contributed by atoms with Crippen molar-refractivity contribution in [3.05, 3.63) is 35.9 Å². The zero-order valence-corrected chi connectivity index (χ0v) is 14.4. The summed E-state index contributed by atoms with van der Waals surface area (Å²) in [5, 5.41) is 3.91. The van der Waals surface area contributed by atoms with Crippen LogP contribution in [0.15, 0.2) is 30.3 Å². The van der Waals surface area contributed by atoms with Gasteiger partial charge in [0.15, 0.2) is 0 Å². The summed E-state index contributed by atoms with van der Waals surface area (Å²) in [6, 6.07) is 12.3. The van der Waals surface area contributed by atoms with Gasteiger partial charge in [-0.3, -0.25) is 0 Å². The van der Waals surface area contributed by atoms with Crippen LogP contribution in [0.4, 0.5) is 0 Å². The minimum absolute atomic E-state index is 0.243. The molecule has 3 atom stereocenters. The zero-order valence-electron chi connectivity index (χ0n) is 14.4. The molecule has 0 radical (unpaired) electrons. The lowest BCUT2D eigenvalue weighted by Gasteiger charge is -2.35. The molecular formula is C20H33N. The molecule has 1 N–H and O–H groups in total. The van der Waals surface area contributed by atoms with Crippen molar-refractivity contribution < 1.29 is 0 Å². The second-order valence-electron chi connectivity index (χ2n) is 7.66. The third-order valence-electron chi connectivity index (χ3n) is 5.25. The lowest BCUT2D eigenvalue weighted by Crippen LogP contribution is -2.42. The molecule has 0 bridgehead atoms. The van der Waals surface area contributed by atoms with Gasteiger partial charge in [0.1, 0.15) is 0 Å². The minimum Gasteiger partial charge on any atom is -0.311 e. The predicted molar refractivity (Wildman–Crippen MR) is 92.7 cm³/mol. The molecule has 1 aromatic carbocycles. The quantitative estimate of drug-likeness (QED) is 0.748. The summed E-state index contributed by atoms with van der Waals surface area (Å²) >= 11 is 0. The van der Waals surface area contributed by atoms with Crippen LogP contribution in [0.2, 0.25) is 0 Å². The van der Waals surface area contributed by atoms with Crippen molar-refractivity contribution in [3.8, 4) is 0 Å². The van der Waals surface area contributed by atoms with Gasteiger partial charge < -0.3 is 5.32 Å². The maximum Gasteiger partial charge on any atom is 0.00721 e. The molecular weight excluding hydrogens is 254 g/mol. The molecule has 2 rings (SSSR count). The van der Waals surface area contributed by atoms with E-state index >= 15 is 0 Å². The van der Waals surface area contributed by atoms with Crippen molar-refractivity contribution in [1.82, 2.24) is 5.32 Å². The van der Waals surface area contributed by atoms with Crippen molar-refractivity contribution in [2.45, 2.75) is 83.7 Å². The predicted octanol–water partition coefficient (Wildman–Crippen LogP) is 5.30. The molecule has 21 heavy (non-hydrogen) atoms. The molecule has 0 aromatic heterocycles. The molecule has 0 saturated heterocycles. The first-order valence-corrected chi connectivity index (χ1v) is 8.83. The van der Waals surface area contributed by atoms with Gasteiger partial charge in [-0.2, -0.15) is 0 Å². The Morgan fingerprint density at radius 1 is 1.19 bits per heavy atom. The van der Waals surface area contributed by atoms with E-state index < -0.39 is 0 Å². The number of hydrogen-bond acceptors (Lipinski definition) is 1. The van der Waals surface area contributed by atoms with Gasteiger partial charge >= 0.3 is 0 Å². The summed E-state index contributed by atoms with van der Waals surface area (Å²) in [5.74, 6) is 0.950. The summed E-state index contributed by atoms with van der Waals surface area (Å²) in [7, 11) is 0. The maximum absolute atomic E-state index is 3.91. The van der Waals surface area contributed by atoms with E-state index in [9.17, 15) is 0 Å². The Morgan fingerprint density at radius 2 is 1.90 bits per heavy atom. The molecule has 118 valence electrons. The minimum atomic E-state index is 0.243. The van der Waals surface area contributed by atoms with Gasteiger partial charge in [0, 0.05) is 12.1 Å². The van der Waals surface area contributed by atoms with Crippen LogP contribution in [0.3, 0.4) is 0 Å². The van der Waals surface area contributed by atoms with Crippen molar-refractivity contribution in [1.29, 1.82) is 0 Å². The largest absolute Gasteiger partial charge is 0.311 e. The maximum atomic E-state index is 3.91. The number of hydrogen-bond donors (Lipinski definition) is 1. The second-order valence-corrected chi connectivity index (χ2v) is 7.66. The van der Waals surface area contributed by atoms with Gasteiger partial charge in [-0.05, 0) is 43.1 Å². The lowest BCUT2D eigenvalue weighted by molar-refractivity contribution is 0.251. The van der Waals surface area contributed by atoms with Crippen LogP contribution in [0.5, 0.6) is 0 Å². The molecule has 0 spiro atoms. The Hall–Kier alpha value is -0.820. The van der Waals surface area contributed by atoms with Crippen LogP contribution in [-0.2, 0) is 5.41 Å². The Bertz CT molecular complexity index is 409. The van der Waals surface area contributed by atoms with Crippen LogP contribution in [0.25, 0.3) is 0 Å². The molecule has 0 aliphatic heterocycles. The molecule has 1 aliphatic carbocycles. The molecule has 1 saturated carbocycles. The smallest absolute Gasteiger partial charge is 0.00721 e. The van der Waals surface area contributed by atoms with Crippen LogP contribution in [0, 0.1) is 5.92 Å². The Labute approximate surface area is 131 Å². The fourth-order valence-corrected chi connectivity index (χ4v) is 4.05. The number of benzene rings is 1. The zero-order chi connectivity index (χ0) is 15.3. The highest BCUT2D eigenvalue weighted by Gasteiger charge is 2.26. The van der Waals surface area contributed by atoms with E-state index in [1.54, 1.807) is 0 Å². The first-order chi connectivity index (χ1) is 10.0. The van der Waals surface area contributed by atoms with Crippen molar-refractivity contribution in [3.63, 3.8) is 0 Å². The van der Waals surface area contributed by atoms with Crippen LogP contribution in [0.1, 0.15) is 71.8 Å². The van der Waals surface area contributed by atoms with Gasteiger partial charge in [0.25, 0.3) is 0 Å². The molecule has 0 heterocycles. The van der Waals surface area contributed by atoms with E-state index in [0.717, 1.165) is 12.0 Å². The summed E-state index contributed by atoms with van der Waals surface area (Å²) in [6.45, 7) is 9.45. The van der Waals surface area contributed by atoms with E-state index in [0.29, 0.717) is 6.04 Å². The van der Waals surface area contributed by atoms with E-state index in [1.807, 2.05) is 0 Å². The highest BCUT2D eigenvalue weighted by Crippen LogP contribution is 2.30. The summed E-state index contributed by atoms with van der Waals surface area (Å²) in [6.07, 6.45) is 8.15. The van der Waals surface area contributed by atoms with E-state index in [1.165, 1.54) is 44.1 Å². The molecule has 0 amide bonds. The van der Waals surface area contributed by atoms with E-state index in [-0.39, 0.29) is 5.41 Å². The molecule has 1 aliphatic rings. The van der Waals surface area contributed by atoms with E-state index in [2.05, 4.69) is 63.3 Å². The third-order valence-corrected chi connectivity index (χ3v) is 5.25. The lowest BCUT2D eigenvalue weighted by atomic mass is 9.78. The highest BCUT2D eigenvalue weighted by molar-refractivity contribution is 5.23. The number of rotatable bonds is 6. The summed E-state index contributed by atoms with van der Waals surface area (Å²) in [5.41, 5.74) is 1.70. The second kappa shape index (κ2) is 7.45. The van der Waals surface area contributed by atoms with Crippen molar-refractivity contribution >= 4 is 0 Å². The van der Waals surface area contributed by atoms with Gasteiger partial charge in [0.2, 0.25) is 0 Å². The SMILES string of the molecule is CCC1CCCC(NC(C)CC(C)(C)c2ccccc2)C1. The first kappa shape index (κ1) is 16.5. The van der Waals surface area contributed by atoms with Crippen molar-refractivity contribution in [2.24, 2.45) is 5.92 Å². The van der Waals surface area contributed by atoms with Crippen LogP contribution < -0.4 is 5.32 Å². The standard InChI is InChI=1S/C20H33N/c1-5-17-10-9-13-19(14-17)21-16(2)15-20(3,4)18-11-7-6-8-12-18/h6-8,11-12,16-17,19,21H,5,9-10,13-15H2,1-4H3. The molecule has 1 heteroatoms. The van der Waals surface area contributed by atoms with Crippen LogP contribution in [-0.4, -0.2) is 12.1 Å². The molecule has 1 aromatic rings. The molecule has 1 nitrogen and oxygen atoms in total. The summed E-state index contributed by atoms with van der Waals surface area (Å²) < 4.78 is 0. The van der Waals surface area contributed by atoms with E-state index in [4.69, 9.17) is 0 Å².